The smallest absolute Gasteiger partial charge is 0.151 e. The van der Waals surface area contributed by atoms with Crippen LogP contribution in [-0.2, 0) is 16.4 Å². The lowest BCUT2D eigenvalue weighted by molar-refractivity contribution is 0.601. The Morgan fingerprint density at radius 2 is 2.06 bits per heavy atom. The van der Waals surface area contributed by atoms with Crippen LogP contribution in [0, 0.1) is 0 Å². The molecule has 0 fully saturated rings. The second-order valence-electron chi connectivity index (χ2n) is 4.21. The normalized spacial score (nSPS) is 11.5. The van der Waals surface area contributed by atoms with Gasteiger partial charge in [0.2, 0.25) is 0 Å². The molecule has 0 bridgehead atoms. The zero-order valence-corrected chi connectivity index (χ0v) is 11.9. The van der Waals surface area contributed by atoms with Crippen molar-refractivity contribution < 1.29 is 8.42 Å². The minimum atomic E-state index is -2.95. The van der Waals surface area contributed by atoms with Gasteiger partial charge in [-0.2, -0.15) is 5.10 Å². The van der Waals surface area contributed by atoms with E-state index in [4.69, 9.17) is 0 Å². The van der Waals surface area contributed by atoms with Crippen molar-refractivity contribution in [3.63, 3.8) is 0 Å². The van der Waals surface area contributed by atoms with E-state index in [0.717, 1.165) is 12.2 Å². The van der Waals surface area contributed by atoms with Gasteiger partial charge in [0.15, 0.2) is 5.82 Å². The molecule has 18 heavy (non-hydrogen) atoms. The van der Waals surface area contributed by atoms with Gasteiger partial charge in [-0.1, -0.05) is 6.92 Å². The van der Waals surface area contributed by atoms with Gasteiger partial charge in [-0.05, 0) is 18.7 Å². The number of nitrogens with zero attached hydrogens (tertiary/aromatic N) is 3. The maximum absolute atomic E-state index is 11.1. The molecule has 0 aliphatic rings. The van der Waals surface area contributed by atoms with E-state index in [-0.39, 0.29) is 5.75 Å². The van der Waals surface area contributed by atoms with Gasteiger partial charge in [-0.15, -0.1) is 5.10 Å². The number of anilines is 1. The highest BCUT2D eigenvalue weighted by Crippen LogP contribution is 2.07. The van der Waals surface area contributed by atoms with Crippen molar-refractivity contribution in [2.45, 2.75) is 13.5 Å². The van der Waals surface area contributed by atoms with Crippen LogP contribution in [0.15, 0.2) is 12.1 Å². The minimum Gasteiger partial charge on any atom is -0.357 e. The van der Waals surface area contributed by atoms with Gasteiger partial charge < -0.3 is 10.2 Å². The highest BCUT2D eigenvalue weighted by Gasteiger charge is 2.07. The first kappa shape index (κ1) is 14.8. The molecule has 0 aliphatic carbocycles. The van der Waals surface area contributed by atoms with Crippen LogP contribution in [0.3, 0.4) is 0 Å². The lowest BCUT2D eigenvalue weighted by Gasteiger charge is -2.16. The fraction of sp³-hybridized carbons (Fsp3) is 0.636. The minimum absolute atomic E-state index is 0.115. The molecular weight excluding hydrogens is 252 g/mol. The van der Waals surface area contributed by atoms with Gasteiger partial charge in [-0.25, -0.2) is 8.42 Å². The first-order valence-corrected chi connectivity index (χ1v) is 7.90. The molecule has 0 spiro atoms. The molecule has 0 saturated heterocycles. The average Bonchev–Trinajstić information content (AvgIpc) is 2.33. The number of aromatic nitrogens is 2. The molecule has 0 radical (unpaired) electrons. The summed E-state index contributed by atoms with van der Waals surface area (Å²) < 4.78 is 22.1. The van der Waals surface area contributed by atoms with Gasteiger partial charge in [0.05, 0.1) is 11.4 Å². The predicted molar refractivity (Wildman–Crippen MR) is 72.4 cm³/mol. The van der Waals surface area contributed by atoms with Gasteiger partial charge in [0.1, 0.15) is 9.84 Å². The molecule has 0 atom stereocenters. The Morgan fingerprint density at radius 3 is 2.56 bits per heavy atom. The maximum Gasteiger partial charge on any atom is 0.151 e. The van der Waals surface area contributed by atoms with Crippen LogP contribution in [-0.4, -0.2) is 50.8 Å². The van der Waals surface area contributed by atoms with Crippen LogP contribution in [0.4, 0.5) is 5.82 Å². The summed E-state index contributed by atoms with van der Waals surface area (Å²) >= 11 is 0. The van der Waals surface area contributed by atoms with E-state index in [1.54, 1.807) is 11.9 Å². The molecule has 102 valence electrons. The molecular formula is C11H20N4O2S. The lowest BCUT2D eigenvalue weighted by atomic mass is 10.3. The van der Waals surface area contributed by atoms with Gasteiger partial charge in [-0.3, -0.25) is 0 Å². The number of sulfone groups is 1. The molecule has 0 unspecified atom stereocenters. The molecule has 0 aromatic carbocycles. The molecule has 6 nitrogen and oxygen atoms in total. The van der Waals surface area contributed by atoms with Crippen molar-refractivity contribution in [2.24, 2.45) is 0 Å². The molecule has 1 rings (SSSR count). The number of hydrogen-bond donors (Lipinski definition) is 1. The number of nitrogens with one attached hydrogen (secondary N) is 1. The third-order valence-electron chi connectivity index (χ3n) is 2.45. The lowest BCUT2D eigenvalue weighted by Crippen LogP contribution is -2.26. The Bertz CT molecular complexity index is 458. The molecule has 1 aromatic rings. The zero-order valence-electron chi connectivity index (χ0n) is 11.0. The Hall–Kier alpha value is -1.21. The Kier molecular flexibility index (Phi) is 5.49. The molecule has 0 aliphatic heterocycles. The fourth-order valence-electron chi connectivity index (χ4n) is 1.32. The van der Waals surface area contributed by atoms with E-state index >= 15 is 0 Å². The molecule has 1 N–H and O–H groups in total. The summed E-state index contributed by atoms with van der Waals surface area (Å²) in [5.74, 6) is 0.795. The van der Waals surface area contributed by atoms with E-state index in [9.17, 15) is 8.42 Å². The van der Waals surface area contributed by atoms with Crippen LogP contribution in [0.25, 0.3) is 0 Å². The average molecular weight is 272 g/mol. The quantitative estimate of drug-likeness (QED) is 0.757. The molecule has 0 amide bonds. The van der Waals surface area contributed by atoms with Crippen molar-refractivity contribution in [3.8, 4) is 0 Å². The summed E-state index contributed by atoms with van der Waals surface area (Å²) in [6.07, 6.45) is 1.23. The van der Waals surface area contributed by atoms with Crippen LogP contribution < -0.4 is 10.2 Å². The first-order chi connectivity index (χ1) is 8.42. The summed E-state index contributed by atoms with van der Waals surface area (Å²) in [5.41, 5.74) is 0.872. The Morgan fingerprint density at radius 1 is 1.33 bits per heavy atom. The van der Waals surface area contributed by atoms with E-state index in [1.165, 1.54) is 6.26 Å². The van der Waals surface area contributed by atoms with Crippen molar-refractivity contribution in [2.75, 3.05) is 37.0 Å². The summed E-state index contributed by atoms with van der Waals surface area (Å²) in [7, 11) is -1.14. The van der Waals surface area contributed by atoms with Crippen molar-refractivity contribution in [3.05, 3.63) is 17.8 Å². The highest BCUT2D eigenvalue weighted by molar-refractivity contribution is 7.90. The highest BCUT2D eigenvalue weighted by atomic mass is 32.2. The maximum atomic E-state index is 11.1. The molecule has 0 saturated carbocycles. The summed E-state index contributed by atoms with van der Waals surface area (Å²) in [5, 5.41) is 11.3. The van der Waals surface area contributed by atoms with E-state index in [0.29, 0.717) is 18.9 Å². The second kappa shape index (κ2) is 6.65. The SMILES string of the molecule is CCNCc1ccc(N(C)CCS(C)(=O)=O)nn1. The predicted octanol–water partition coefficient (Wildman–Crippen LogP) is 0.0669. The van der Waals surface area contributed by atoms with Crippen LogP contribution >= 0.6 is 0 Å². The number of hydrogen-bond acceptors (Lipinski definition) is 6. The third-order valence-corrected chi connectivity index (χ3v) is 3.37. The van der Waals surface area contributed by atoms with Crippen LogP contribution in [0.2, 0.25) is 0 Å². The fourth-order valence-corrected chi connectivity index (χ4v) is 1.93. The van der Waals surface area contributed by atoms with Gasteiger partial charge in [0, 0.05) is 26.4 Å². The molecule has 1 heterocycles. The zero-order chi connectivity index (χ0) is 13.6. The van der Waals surface area contributed by atoms with Gasteiger partial charge >= 0.3 is 0 Å². The van der Waals surface area contributed by atoms with Crippen molar-refractivity contribution >= 4 is 15.7 Å². The third kappa shape index (κ3) is 5.42. The van der Waals surface area contributed by atoms with E-state index in [2.05, 4.69) is 15.5 Å². The summed E-state index contributed by atoms with van der Waals surface area (Å²) in [6.45, 7) is 4.02. The summed E-state index contributed by atoms with van der Waals surface area (Å²) in [6, 6.07) is 3.74. The topological polar surface area (TPSA) is 75.2 Å². The molecule has 7 heteroatoms. The van der Waals surface area contributed by atoms with Crippen LogP contribution in [0.1, 0.15) is 12.6 Å². The van der Waals surface area contributed by atoms with Crippen molar-refractivity contribution in [1.29, 1.82) is 0 Å². The van der Waals surface area contributed by atoms with Crippen molar-refractivity contribution in [1.82, 2.24) is 15.5 Å². The second-order valence-corrected chi connectivity index (χ2v) is 6.47. The number of rotatable bonds is 7. The Labute approximate surface area is 108 Å². The van der Waals surface area contributed by atoms with E-state index < -0.39 is 9.84 Å². The van der Waals surface area contributed by atoms with Gasteiger partial charge in [0.25, 0.3) is 0 Å². The Balaban J connectivity index is 2.56. The van der Waals surface area contributed by atoms with Crippen LogP contribution in [0.5, 0.6) is 0 Å². The summed E-state index contributed by atoms with van der Waals surface area (Å²) in [4.78, 5) is 1.78. The van der Waals surface area contributed by atoms with E-state index in [1.807, 2.05) is 19.1 Å². The first-order valence-electron chi connectivity index (χ1n) is 5.84. The standard InChI is InChI=1S/C11H20N4O2S/c1-4-12-9-10-5-6-11(14-13-10)15(2)7-8-18(3,16)17/h5-6,12H,4,7-9H2,1-3H3. The largest absolute Gasteiger partial charge is 0.357 e. The molecule has 1 aromatic heterocycles. The monoisotopic (exact) mass is 272 g/mol.